The van der Waals surface area contributed by atoms with Crippen LogP contribution in [0, 0.1) is 0 Å². The van der Waals surface area contributed by atoms with Crippen molar-refractivity contribution < 1.29 is 4.74 Å². The zero-order valence-electron chi connectivity index (χ0n) is 11.9. The minimum absolute atomic E-state index is 0.853. The van der Waals surface area contributed by atoms with Crippen molar-refractivity contribution in [1.29, 1.82) is 0 Å². The van der Waals surface area contributed by atoms with Gasteiger partial charge in [-0.15, -0.1) is 0 Å². The number of pyridine rings is 1. The molecule has 3 aromatic rings. The number of thiophene rings is 1. The number of nitrogens with zero attached hydrogens (tertiary/aromatic N) is 1. The molecule has 0 aliphatic carbocycles. The number of aromatic nitrogens is 1. The van der Waals surface area contributed by atoms with Crippen molar-refractivity contribution in [3.63, 3.8) is 0 Å². The Balaban J connectivity index is 2.05. The van der Waals surface area contributed by atoms with Crippen LogP contribution in [0.25, 0.3) is 10.1 Å². The Kier molecular flexibility index (Phi) is 3.73. The van der Waals surface area contributed by atoms with Crippen molar-refractivity contribution in [2.45, 2.75) is 14.8 Å². The Morgan fingerprint density at radius 2 is 1.80 bits per heavy atom. The molecule has 4 heteroatoms. The maximum absolute atomic E-state index is 5.99. The molecule has 2 heterocycles. The molecule has 20 heavy (non-hydrogen) atoms. The summed E-state index contributed by atoms with van der Waals surface area (Å²) in [6.07, 6.45) is 3.75. The summed E-state index contributed by atoms with van der Waals surface area (Å²) in [5.74, 6) is 1.71. The Labute approximate surface area is 127 Å². The van der Waals surface area contributed by atoms with Crippen molar-refractivity contribution >= 4 is 42.7 Å². The van der Waals surface area contributed by atoms with Gasteiger partial charge in [0.05, 0.1) is 0 Å². The second-order valence-electron chi connectivity index (χ2n) is 5.83. The SMILES string of the molecule is [CH3][Sn]([CH3])([CH3])[c]1cc2c(Oc3ccccc3)cncc2s1. The fourth-order valence-corrected chi connectivity index (χ4v) is 8.32. The molecule has 0 aliphatic rings. The van der Waals surface area contributed by atoms with Crippen LogP contribution in [0.3, 0.4) is 0 Å². The number of fused-ring (bicyclic) bond motifs is 1. The third-order valence-corrected chi connectivity index (χ3v) is 13.6. The summed E-state index contributed by atoms with van der Waals surface area (Å²) in [6, 6.07) is 12.2. The molecule has 102 valence electrons. The molecule has 1 aromatic carbocycles. The first-order chi connectivity index (χ1) is 9.54. The van der Waals surface area contributed by atoms with Crippen LogP contribution in [-0.4, -0.2) is 23.4 Å². The molecule has 2 nitrogen and oxygen atoms in total. The van der Waals surface area contributed by atoms with Gasteiger partial charge in [-0.1, -0.05) is 0 Å². The van der Waals surface area contributed by atoms with Gasteiger partial charge in [0.25, 0.3) is 0 Å². The van der Waals surface area contributed by atoms with Gasteiger partial charge in [-0.3, -0.25) is 0 Å². The van der Waals surface area contributed by atoms with Gasteiger partial charge < -0.3 is 0 Å². The van der Waals surface area contributed by atoms with Crippen molar-refractivity contribution in [3.05, 3.63) is 48.8 Å². The van der Waals surface area contributed by atoms with E-state index < -0.39 is 18.4 Å². The standard InChI is InChI=1S/C13H8NOS.3CH3.Sn/c1-2-4-10(5-3-1)15-12-8-14-9-13-11(12)6-7-16-13;;;;/h1-6,8-9H;3*1H3;. The zero-order chi connectivity index (χ0) is 14.2. The molecule has 0 amide bonds. The normalized spacial score (nSPS) is 11.8. The molecule has 0 saturated heterocycles. The van der Waals surface area contributed by atoms with Gasteiger partial charge in [-0.05, 0) is 0 Å². The summed E-state index contributed by atoms with van der Waals surface area (Å²) in [5.41, 5.74) is 0. The van der Waals surface area contributed by atoms with Crippen molar-refractivity contribution in [2.75, 3.05) is 0 Å². The van der Waals surface area contributed by atoms with E-state index in [0.717, 1.165) is 11.5 Å². The zero-order valence-corrected chi connectivity index (χ0v) is 15.6. The van der Waals surface area contributed by atoms with Crippen LogP contribution < -0.4 is 7.63 Å². The topological polar surface area (TPSA) is 22.1 Å². The van der Waals surface area contributed by atoms with Crippen LogP contribution >= 0.6 is 11.3 Å². The summed E-state index contributed by atoms with van der Waals surface area (Å²) in [7, 11) is 0. The van der Waals surface area contributed by atoms with Gasteiger partial charge in [0.15, 0.2) is 0 Å². The molecule has 0 saturated carbocycles. The van der Waals surface area contributed by atoms with Crippen LogP contribution in [0.2, 0.25) is 14.8 Å². The van der Waals surface area contributed by atoms with Crippen LogP contribution in [-0.2, 0) is 0 Å². The Morgan fingerprint density at radius 3 is 2.50 bits per heavy atom. The van der Waals surface area contributed by atoms with E-state index in [4.69, 9.17) is 4.74 Å². The number of ether oxygens (including phenoxy) is 1. The van der Waals surface area contributed by atoms with Gasteiger partial charge in [-0.2, -0.15) is 0 Å². The predicted octanol–water partition coefficient (Wildman–Crippen LogP) is 4.63. The van der Waals surface area contributed by atoms with Crippen LogP contribution in [0.4, 0.5) is 0 Å². The molecule has 0 radical (unpaired) electrons. The van der Waals surface area contributed by atoms with E-state index in [0.29, 0.717) is 0 Å². The average Bonchev–Trinajstić information content (AvgIpc) is 2.85. The third kappa shape index (κ3) is 2.83. The summed E-state index contributed by atoms with van der Waals surface area (Å²) < 4.78 is 8.76. The molecular weight excluding hydrogens is 373 g/mol. The Hall–Kier alpha value is -1.07. The number of hydrogen-bond donors (Lipinski definition) is 0. The van der Waals surface area contributed by atoms with Crippen molar-refractivity contribution in [3.8, 4) is 11.5 Å². The fraction of sp³-hybridized carbons (Fsp3) is 0.188. The average molecular weight is 390 g/mol. The number of benzene rings is 1. The van der Waals surface area contributed by atoms with Gasteiger partial charge in [0, 0.05) is 0 Å². The first kappa shape index (κ1) is 13.9. The quantitative estimate of drug-likeness (QED) is 0.609. The monoisotopic (exact) mass is 391 g/mol. The summed E-state index contributed by atoms with van der Waals surface area (Å²) in [6.45, 7) is 0. The molecule has 0 aliphatic heterocycles. The molecule has 0 spiro atoms. The minimum atomic E-state index is -2.03. The second-order valence-corrected chi connectivity index (χ2v) is 22.3. The van der Waals surface area contributed by atoms with Gasteiger partial charge >= 0.3 is 128 Å². The Morgan fingerprint density at radius 1 is 1.05 bits per heavy atom. The van der Waals surface area contributed by atoms with Crippen LogP contribution in [0.15, 0.2) is 48.8 Å². The molecule has 0 N–H and O–H groups in total. The van der Waals surface area contributed by atoms with Gasteiger partial charge in [-0.25, -0.2) is 0 Å². The van der Waals surface area contributed by atoms with Crippen molar-refractivity contribution in [1.82, 2.24) is 4.98 Å². The van der Waals surface area contributed by atoms with E-state index in [9.17, 15) is 0 Å². The van der Waals surface area contributed by atoms with E-state index in [1.807, 2.05) is 54.1 Å². The van der Waals surface area contributed by atoms with E-state index in [1.165, 1.54) is 10.1 Å². The van der Waals surface area contributed by atoms with E-state index in [-0.39, 0.29) is 0 Å². The molecule has 2 aromatic heterocycles. The summed E-state index contributed by atoms with van der Waals surface area (Å²) in [5, 5.41) is 1.19. The molecule has 0 atom stereocenters. The van der Waals surface area contributed by atoms with E-state index in [1.54, 1.807) is 2.89 Å². The number of hydrogen-bond acceptors (Lipinski definition) is 3. The first-order valence-corrected chi connectivity index (χ1v) is 17.5. The number of para-hydroxylation sites is 1. The fourth-order valence-electron chi connectivity index (χ4n) is 2.00. The molecule has 0 bridgehead atoms. The molecule has 3 rings (SSSR count). The van der Waals surface area contributed by atoms with Gasteiger partial charge in [0.1, 0.15) is 0 Å². The molecule has 0 unspecified atom stereocenters. The first-order valence-electron chi connectivity index (χ1n) is 6.65. The third-order valence-electron chi connectivity index (χ3n) is 3.12. The molecular formula is C16H17NOSSn. The molecule has 0 fully saturated rings. The predicted molar refractivity (Wildman–Crippen MR) is 89.1 cm³/mol. The maximum atomic E-state index is 5.99. The van der Waals surface area contributed by atoms with E-state index >= 15 is 0 Å². The van der Waals surface area contributed by atoms with Crippen molar-refractivity contribution in [2.24, 2.45) is 0 Å². The van der Waals surface area contributed by atoms with E-state index in [2.05, 4.69) is 25.9 Å². The van der Waals surface area contributed by atoms with Gasteiger partial charge in [0.2, 0.25) is 0 Å². The summed E-state index contributed by atoms with van der Waals surface area (Å²) in [4.78, 5) is 11.6. The Bertz CT molecular complexity index is 731. The second kappa shape index (κ2) is 5.37. The summed E-state index contributed by atoms with van der Waals surface area (Å²) >= 11 is -0.155. The number of rotatable bonds is 3. The van der Waals surface area contributed by atoms with Crippen LogP contribution in [0.5, 0.6) is 11.5 Å². The van der Waals surface area contributed by atoms with Crippen LogP contribution in [0.1, 0.15) is 0 Å².